The normalized spacial score (nSPS) is 12.7. The molecular weight excluding hydrogens is 314 g/mol. The number of thiophene rings is 1. The Kier molecular flexibility index (Phi) is 4.42. The maximum Gasteiger partial charge on any atom is 0.161 e. The number of hydrogen-bond acceptors (Lipinski definition) is 4. The van der Waals surface area contributed by atoms with Crippen molar-refractivity contribution in [3.05, 3.63) is 32.7 Å². The molecule has 1 N–H and O–H groups in total. The van der Waals surface area contributed by atoms with E-state index in [0.717, 1.165) is 21.8 Å². The van der Waals surface area contributed by atoms with E-state index in [2.05, 4.69) is 45.4 Å². The van der Waals surface area contributed by atoms with Crippen LogP contribution in [0.4, 0.5) is 0 Å². The van der Waals surface area contributed by atoms with Crippen LogP contribution in [-0.4, -0.2) is 23.9 Å². The number of nitrogens with one attached hydrogen (secondary N) is 1. The van der Waals surface area contributed by atoms with Gasteiger partial charge in [0.05, 0.1) is 23.1 Å². The Morgan fingerprint density at radius 1 is 1.56 bits per heavy atom. The average Bonchev–Trinajstić information content (AvgIpc) is 2.97. The van der Waals surface area contributed by atoms with Gasteiger partial charge in [-0.05, 0) is 42.0 Å². The topological polar surface area (TPSA) is 39.1 Å². The van der Waals surface area contributed by atoms with E-state index in [-0.39, 0.29) is 6.04 Å². The highest BCUT2D eigenvalue weighted by molar-refractivity contribution is 9.11. The van der Waals surface area contributed by atoms with Crippen LogP contribution in [-0.2, 0) is 6.54 Å². The lowest BCUT2D eigenvalue weighted by atomic mass is 10.1. The van der Waals surface area contributed by atoms with Gasteiger partial charge in [0.15, 0.2) is 5.75 Å². The van der Waals surface area contributed by atoms with Crippen molar-refractivity contribution in [3.8, 4) is 5.75 Å². The van der Waals surface area contributed by atoms with E-state index < -0.39 is 0 Å². The van der Waals surface area contributed by atoms with Crippen molar-refractivity contribution < 1.29 is 4.74 Å². The molecule has 18 heavy (non-hydrogen) atoms. The fourth-order valence-electron chi connectivity index (χ4n) is 1.98. The van der Waals surface area contributed by atoms with Crippen molar-refractivity contribution in [1.29, 1.82) is 0 Å². The van der Waals surface area contributed by atoms with Crippen LogP contribution >= 0.6 is 27.3 Å². The average molecular weight is 330 g/mol. The van der Waals surface area contributed by atoms with Gasteiger partial charge in [0.1, 0.15) is 5.69 Å². The number of ether oxygens (including phenoxy) is 1. The minimum Gasteiger partial charge on any atom is -0.493 e. The third-order valence-corrected chi connectivity index (χ3v) is 4.49. The molecule has 2 aromatic heterocycles. The molecule has 2 heterocycles. The standard InChI is InChI=1S/C12H16BrN3OS/c1-4-16-12(8(17-3)7-15-16)11(14-2)9-5-6-10(13)18-9/h5-7,11,14H,4H2,1-3H3. The zero-order valence-electron chi connectivity index (χ0n) is 10.6. The highest BCUT2D eigenvalue weighted by Gasteiger charge is 2.23. The Balaban J connectivity index is 2.46. The molecule has 0 saturated carbocycles. The molecule has 0 aliphatic rings. The van der Waals surface area contributed by atoms with Gasteiger partial charge < -0.3 is 10.1 Å². The number of methoxy groups -OCH3 is 1. The fraction of sp³-hybridized carbons (Fsp3) is 0.417. The number of rotatable bonds is 5. The molecule has 98 valence electrons. The number of halogens is 1. The van der Waals surface area contributed by atoms with Crippen LogP contribution in [0.25, 0.3) is 0 Å². The molecule has 2 rings (SSSR count). The Bertz CT molecular complexity index is 502. The van der Waals surface area contributed by atoms with Gasteiger partial charge in [-0.25, -0.2) is 0 Å². The largest absolute Gasteiger partial charge is 0.493 e. The van der Waals surface area contributed by atoms with E-state index in [0.29, 0.717) is 0 Å². The molecule has 0 saturated heterocycles. The lowest BCUT2D eigenvalue weighted by molar-refractivity contribution is 0.401. The van der Waals surface area contributed by atoms with Crippen LogP contribution in [0.3, 0.4) is 0 Å². The van der Waals surface area contributed by atoms with Gasteiger partial charge in [-0.15, -0.1) is 11.3 Å². The monoisotopic (exact) mass is 329 g/mol. The Morgan fingerprint density at radius 2 is 2.33 bits per heavy atom. The number of hydrogen-bond donors (Lipinski definition) is 1. The molecule has 0 bridgehead atoms. The summed E-state index contributed by atoms with van der Waals surface area (Å²) in [4.78, 5) is 1.23. The third-order valence-electron chi connectivity index (χ3n) is 2.80. The fourth-order valence-corrected chi connectivity index (χ4v) is 3.51. The van der Waals surface area contributed by atoms with E-state index in [1.54, 1.807) is 24.6 Å². The summed E-state index contributed by atoms with van der Waals surface area (Å²) in [5.74, 6) is 0.820. The molecular formula is C12H16BrN3OS. The molecule has 1 unspecified atom stereocenters. The van der Waals surface area contributed by atoms with Crippen molar-refractivity contribution in [2.75, 3.05) is 14.2 Å². The maximum atomic E-state index is 5.41. The summed E-state index contributed by atoms with van der Waals surface area (Å²) in [5.41, 5.74) is 1.07. The van der Waals surface area contributed by atoms with Crippen LogP contribution in [0.5, 0.6) is 5.75 Å². The predicted octanol–water partition coefficient (Wildman–Crippen LogP) is 3.04. The Hall–Kier alpha value is -0.850. The molecule has 0 radical (unpaired) electrons. The lowest BCUT2D eigenvalue weighted by Crippen LogP contribution is -2.21. The minimum absolute atomic E-state index is 0.0960. The third kappa shape index (κ3) is 2.46. The molecule has 4 nitrogen and oxygen atoms in total. The van der Waals surface area contributed by atoms with Crippen molar-refractivity contribution in [3.63, 3.8) is 0 Å². The smallest absolute Gasteiger partial charge is 0.161 e. The van der Waals surface area contributed by atoms with Gasteiger partial charge in [0, 0.05) is 11.4 Å². The SMILES string of the molecule is CCn1ncc(OC)c1C(NC)c1ccc(Br)s1. The van der Waals surface area contributed by atoms with Crippen LogP contribution in [0.1, 0.15) is 23.5 Å². The van der Waals surface area contributed by atoms with Crippen LogP contribution in [0.2, 0.25) is 0 Å². The molecule has 0 spiro atoms. The zero-order valence-corrected chi connectivity index (χ0v) is 13.0. The van der Waals surface area contributed by atoms with Gasteiger partial charge in [0.25, 0.3) is 0 Å². The van der Waals surface area contributed by atoms with Crippen molar-refractivity contribution in [2.45, 2.75) is 19.5 Å². The molecule has 6 heteroatoms. The van der Waals surface area contributed by atoms with Gasteiger partial charge in [-0.2, -0.15) is 5.10 Å². The first-order valence-corrected chi connectivity index (χ1v) is 7.34. The summed E-state index contributed by atoms with van der Waals surface area (Å²) in [6.07, 6.45) is 1.77. The number of nitrogens with zero attached hydrogens (tertiary/aromatic N) is 2. The molecule has 2 aromatic rings. The minimum atomic E-state index is 0.0960. The second-order valence-corrected chi connectivity index (χ2v) is 6.27. The van der Waals surface area contributed by atoms with Gasteiger partial charge >= 0.3 is 0 Å². The van der Waals surface area contributed by atoms with Gasteiger partial charge in [-0.1, -0.05) is 0 Å². The van der Waals surface area contributed by atoms with Crippen LogP contribution in [0, 0.1) is 0 Å². The van der Waals surface area contributed by atoms with E-state index in [1.165, 1.54) is 4.88 Å². The first kappa shape index (κ1) is 13.6. The Labute approximate surface area is 119 Å². The number of aromatic nitrogens is 2. The van der Waals surface area contributed by atoms with Gasteiger partial charge in [0.2, 0.25) is 0 Å². The molecule has 0 aliphatic carbocycles. The zero-order chi connectivity index (χ0) is 13.1. The summed E-state index contributed by atoms with van der Waals surface area (Å²) >= 11 is 5.22. The van der Waals surface area contributed by atoms with E-state index in [9.17, 15) is 0 Å². The quantitative estimate of drug-likeness (QED) is 0.916. The lowest BCUT2D eigenvalue weighted by Gasteiger charge is -2.17. The summed E-state index contributed by atoms with van der Waals surface area (Å²) in [6, 6.07) is 4.27. The van der Waals surface area contributed by atoms with Gasteiger partial charge in [-0.3, -0.25) is 4.68 Å². The second kappa shape index (κ2) is 5.86. The molecule has 0 aliphatic heterocycles. The summed E-state index contributed by atoms with van der Waals surface area (Å²) in [7, 11) is 3.63. The van der Waals surface area contributed by atoms with Crippen LogP contribution < -0.4 is 10.1 Å². The molecule has 1 atom stereocenters. The summed E-state index contributed by atoms with van der Waals surface area (Å²) in [6.45, 7) is 2.90. The van der Waals surface area contributed by atoms with Crippen molar-refractivity contribution >= 4 is 27.3 Å². The predicted molar refractivity (Wildman–Crippen MR) is 77.4 cm³/mol. The van der Waals surface area contributed by atoms with Crippen molar-refractivity contribution in [1.82, 2.24) is 15.1 Å². The highest BCUT2D eigenvalue weighted by Crippen LogP contribution is 2.34. The maximum absolute atomic E-state index is 5.41. The van der Waals surface area contributed by atoms with E-state index >= 15 is 0 Å². The summed E-state index contributed by atoms with van der Waals surface area (Å²) in [5, 5.41) is 7.68. The van der Waals surface area contributed by atoms with E-state index in [1.807, 2.05) is 11.7 Å². The Morgan fingerprint density at radius 3 is 2.83 bits per heavy atom. The molecule has 0 aromatic carbocycles. The van der Waals surface area contributed by atoms with Crippen LogP contribution in [0.15, 0.2) is 22.1 Å². The highest BCUT2D eigenvalue weighted by atomic mass is 79.9. The van der Waals surface area contributed by atoms with Crippen molar-refractivity contribution in [2.24, 2.45) is 0 Å². The number of aryl methyl sites for hydroxylation is 1. The molecule has 0 amide bonds. The first-order valence-electron chi connectivity index (χ1n) is 5.73. The second-order valence-electron chi connectivity index (χ2n) is 3.78. The first-order chi connectivity index (χ1) is 8.71. The molecule has 0 fully saturated rings. The van der Waals surface area contributed by atoms with E-state index in [4.69, 9.17) is 4.74 Å². The summed E-state index contributed by atoms with van der Waals surface area (Å²) < 4.78 is 8.50.